The van der Waals surface area contributed by atoms with E-state index in [0.717, 1.165) is 5.39 Å². The molecule has 0 spiro atoms. The van der Waals surface area contributed by atoms with Crippen LogP contribution < -0.4 is 20.3 Å². The summed E-state index contributed by atoms with van der Waals surface area (Å²) in [6.45, 7) is 2.72. The molecule has 4 rings (SSSR count). The molecule has 1 aliphatic rings. The summed E-state index contributed by atoms with van der Waals surface area (Å²) in [5.41, 5.74) is 6.29. The molecule has 2 N–H and O–H groups in total. The van der Waals surface area contributed by atoms with Crippen LogP contribution >= 0.6 is 0 Å². The molecule has 8 nitrogen and oxygen atoms in total. The molecule has 0 bridgehead atoms. The minimum atomic E-state index is -0.569. The normalized spacial score (nSPS) is 12.2. The molecular weight excluding hydrogens is 364 g/mol. The fourth-order valence-corrected chi connectivity index (χ4v) is 2.91. The van der Waals surface area contributed by atoms with E-state index < -0.39 is 11.8 Å². The van der Waals surface area contributed by atoms with Crippen LogP contribution in [0.25, 0.3) is 11.0 Å². The van der Waals surface area contributed by atoms with E-state index in [9.17, 15) is 9.59 Å². The topological polar surface area (TPSA) is 99.0 Å². The van der Waals surface area contributed by atoms with Gasteiger partial charge in [-0.25, -0.2) is 0 Å². The highest BCUT2D eigenvalue weighted by Gasteiger charge is 2.22. The number of hydrogen-bond acceptors (Lipinski definition) is 6. The maximum atomic E-state index is 12.6. The zero-order valence-electron chi connectivity index (χ0n) is 15.1. The fraction of sp³-hybridized carbons (Fsp3) is 0.200. The van der Waals surface area contributed by atoms with Crippen LogP contribution in [0.4, 0.5) is 0 Å². The highest BCUT2D eigenvalue weighted by molar-refractivity contribution is 6.01. The van der Waals surface area contributed by atoms with Crippen molar-refractivity contribution in [3.05, 3.63) is 59.4 Å². The number of para-hydroxylation sites is 1. The first-order valence-corrected chi connectivity index (χ1v) is 8.76. The molecule has 1 aromatic heterocycles. The molecule has 0 saturated heterocycles. The Morgan fingerprint density at radius 1 is 1.04 bits per heavy atom. The summed E-state index contributed by atoms with van der Waals surface area (Å²) in [5, 5.41) is 0.795. The van der Waals surface area contributed by atoms with Gasteiger partial charge in [-0.2, -0.15) is 0 Å². The van der Waals surface area contributed by atoms with Gasteiger partial charge in [0, 0.05) is 23.1 Å². The zero-order chi connectivity index (χ0) is 19.5. The lowest BCUT2D eigenvalue weighted by molar-refractivity contribution is 0.0825. The van der Waals surface area contributed by atoms with E-state index in [0.29, 0.717) is 34.8 Å². The third-order valence-electron chi connectivity index (χ3n) is 4.28. The summed E-state index contributed by atoms with van der Waals surface area (Å²) in [6.07, 6.45) is 0. The lowest BCUT2D eigenvalue weighted by Crippen LogP contribution is -2.41. The second kappa shape index (κ2) is 7.61. The molecule has 0 atom stereocenters. The summed E-state index contributed by atoms with van der Waals surface area (Å²) in [5.74, 6) is 0.0911. The molecule has 144 valence electrons. The van der Waals surface area contributed by atoms with E-state index in [1.807, 2.05) is 25.1 Å². The highest BCUT2D eigenvalue weighted by Crippen LogP contribution is 2.32. The molecule has 0 unspecified atom stereocenters. The van der Waals surface area contributed by atoms with Gasteiger partial charge in [-0.1, -0.05) is 18.2 Å². The van der Waals surface area contributed by atoms with E-state index in [-0.39, 0.29) is 19.2 Å². The van der Waals surface area contributed by atoms with Crippen molar-refractivity contribution in [2.24, 2.45) is 0 Å². The Hall–Kier alpha value is -3.52. The number of carbonyl (C=O) groups excluding carboxylic acids is 2. The van der Waals surface area contributed by atoms with Gasteiger partial charge in [0.15, 0.2) is 17.3 Å². The Bertz CT molecular complexity index is 1040. The predicted octanol–water partition coefficient (Wildman–Crippen LogP) is 2.77. The molecule has 1 aliphatic heterocycles. The van der Waals surface area contributed by atoms with Gasteiger partial charge in [-0.05, 0) is 31.2 Å². The molecule has 0 fully saturated rings. The van der Waals surface area contributed by atoms with Crippen molar-refractivity contribution in [3.8, 4) is 11.5 Å². The smallest absolute Gasteiger partial charge is 0.305 e. The monoisotopic (exact) mass is 382 g/mol. The van der Waals surface area contributed by atoms with E-state index in [1.54, 1.807) is 24.3 Å². The van der Waals surface area contributed by atoms with Crippen molar-refractivity contribution in [2.45, 2.75) is 13.5 Å². The van der Waals surface area contributed by atoms with Gasteiger partial charge >= 0.3 is 5.91 Å². The van der Waals surface area contributed by atoms with Gasteiger partial charge in [0.25, 0.3) is 5.91 Å². The minimum absolute atomic E-state index is 0.0978. The van der Waals surface area contributed by atoms with Crippen LogP contribution in [0, 0.1) is 0 Å². The Kier molecular flexibility index (Phi) is 4.86. The molecule has 2 amide bonds. The number of rotatable bonds is 5. The van der Waals surface area contributed by atoms with Crippen LogP contribution in [-0.4, -0.2) is 25.2 Å². The standard InChI is InChI=1S/C20H18N2O6/c1-2-25-10-14-13-5-3-4-6-15(13)28-18(14)20(24)22-21-19(23)12-7-8-16-17(9-12)27-11-26-16/h3-9H,2,10-11H2,1H3,(H,21,23)(H,22,24). The third-order valence-corrected chi connectivity index (χ3v) is 4.28. The van der Waals surface area contributed by atoms with Crippen molar-refractivity contribution >= 4 is 22.8 Å². The van der Waals surface area contributed by atoms with Crippen molar-refractivity contribution in [1.82, 2.24) is 10.9 Å². The zero-order valence-corrected chi connectivity index (χ0v) is 15.1. The largest absolute Gasteiger partial charge is 0.454 e. The molecule has 3 aromatic rings. The van der Waals surface area contributed by atoms with Gasteiger partial charge < -0.3 is 18.6 Å². The quantitative estimate of drug-likeness (QED) is 0.659. The van der Waals surface area contributed by atoms with Crippen LogP contribution in [0.5, 0.6) is 11.5 Å². The number of hydrogen-bond donors (Lipinski definition) is 2. The number of nitrogens with one attached hydrogen (secondary N) is 2. The molecular formula is C20H18N2O6. The summed E-state index contributed by atoms with van der Waals surface area (Å²) >= 11 is 0. The fourth-order valence-electron chi connectivity index (χ4n) is 2.91. The number of ether oxygens (including phenoxy) is 3. The van der Waals surface area contributed by atoms with E-state index in [1.165, 1.54) is 0 Å². The summed E-state index contributed by atoms with van der Waals surface area (Å²) in [6, 6.07) is 12.1. The first-order chi connectivity index (χ1) is 13.7. The van der Waals surface area contributed by atoms with Crippen LogP contribution in [0.3, 0.4) is 0 Å². The summed E-state index contributed by atoms with van der Waals surface area (Å²) < 4.78 is 21.6. The Balaban J connectivity index is 1.50. The number of amides is 2. The minimum Gasteiger partial charge on any atom is -0.454 e. The number of carbonyl (C=O) groups is 2. The Morgan fingerprint density at radius 2 is 1.82 bits per heavy atom. The molecule has 8 heteroatoms. The van der Waals surface area contributed by atoms with Crippen molar-refractivity contribution in [3.63, 3.8) is 0 Å². The maximum absolute atomic E-state index is 12.6. The van der Waals surface area contributed by atoms with Crippen LogP contribution in [0.1, 0.15) is 33.4 Å². The first kappa shape index (κ1) is 17.9. The lowest BCUT2D eigenvalue weighted by atomic mass is 10.1. The third kappa shape index (κ3) is 3.37. The van der Waals surface area contributed by atoms with E-state index in [4.69, 9.17) is 18.6 Å². The predicted molar refractivity (Wildman–Crippen MR) is 99.0 cm³/mol. The van der Waals surface area contributed by atoms with Gasteiger partial charge in [-0.3, -0.25) is 20.4 Å². The average Bonchev–Trinajstić information content (AvgIpc) is 3.34. The Labute approximate surface area is 160 Å². The summed E-state index contributed by atoms with van der Waals surface area (Å²) in [7, 11) is 0. The number of benzene rings is 2. The van der Waals surface area contributed by atoms with Crippen LogP contribution in [0.15, 0.2) is 46.9 Å². The summed E-state index contributed by atoms with van der Waals surface area (Å²) in [4.78, 5) is 24.9. The molecule has 0 aliphatic carbocycles. The van der Waals surface area contributed by atoms with Gasteiger partial charge in [0.2, 0.25) is 6.79 Å². The van der Waals surface area contributed by atoms with Gasteiger partial charge in [-0.15, -0.1) is 0 Å². The highest BCUT2D eigenvalue weighted by atomic mass is 16.7. The molecule has 2 aromatic carbocycles. The maximum Gasteiger partial charge on any atom is 0.305 e. The van der Waals surface area contributed by atoms with Gasteiger partial charge in [0.1, 0.15) is 5.58 Å². The lowest BCUT2D eigenvalue weighted by Gasteiger charge is -2.08. The van der Waals surface area contributed by atoms with E-state index in [2.05, 4.69) is 10.9 Å². The Morgan fingerprint density at radius 3 is 2.68 bits per heavy atom. The second-order valence-electron chi connectivity index (χ2n) is 6.02. The molecule has 2 heterocycles. The van der Waals surface area contributed by atoms with Crippen molar-refractivity contribution in [1.29, 1.82) is 0 Å². The number of furan rings is 1. The second-order valence-corrected chi connectivity index (χ2v) is 6.02. The van der Waals surface area contributed by atoms with E-state index >= 15 is 0 Å². The molecule has 28 heavy (non-hydrogen) atoms. The van der Waals surface area contributed by atoms with Gasteiger partial charge in [0.05, 0.1) is 6.61 Å². The molecule has 0 saturated carbocycles. The van der Waals surface area contributed by atoms with Crippen LogP contribution in [-0.2, 0) is 11.3 Å². The number of hydrazine groups is 1. The first-order valence-electron chi connectivity index (χ1n) is 8.76. The van der Waals surface area contributed by atoms with Crippen LogP contribution in [0.2, 0.25) is 0 Å². The average molecular weight is 382 g/mol. The van der Waals surface area contributed by atoms with Crippen molar-refractivity contribution in [2.75, 3.05) is 13.4 Å². The number of fused-ring (bicyclic) bond motifs is 2. The van der Waals surface area contributed by atoms with Crippen molar-refractivity contribution < 1.29 is 28.2 Å². The molecule has 0 radical (unpaired) electrons. The SMILES string of the molecule is CCOCc1c(C(=O)NNC(=O)c2ccc3c(c2)OCO3)oc2ccccc12.